The smallest absolute Gasteiger partial charge is 0.365 e. The van der Waals surface area contributed by atoms with E-state index in [1.54, 1.807) is 0 Å². The summed E-state index contributed by atoms with van der Waals surface area (Å²) in [5.41, 5.74) is 5.62. The van der Waals surface area contributed by atoms with E-state index >= 15 is 0 Å². The number of fused-ring (bicyclic) bond motifs is 1. The van der Waals surface area contributed by atoms with E-state index < -0.39 is 58.8 Å². The Morgan fingerprint density at radius 1 is 1.13 bits per heavy atom. The van der Waals surface area contributed by atoms with Crippen molar-refractivity contribution in [3.05, 3.63) is 0 Å². The molecule has 7 atom stereocenters. The Morgan fingerprint density at radius 3 is 2.55 bits per heavy atom. The van der Waals surface area contributed by atoms with E-state index in [2.05, 4.69) is 26.2 Å². The summed E-state index contributed by atoms with van der Waals surface area (Å²) in [6, 6.07) is -1.50. The Hall–Kier alpha value is -0.580. The molecular formula is C17H32F3N7O3S. The zero-order chi connectivity index (χ0) is 24.9. The highest BCUT2D eigenvalue weighted by Crippen LogP contribution is 2.31. The average Bonchev–Trinajstić information content (AvgIpc) is 3.41. The van der Waals surface area contributed by atoms with Crippen molar-refractivity contribution in [1.82, 2.24) is 36.2 Å². The molecule has 10 nitrogen and oxygen atoms in total. The first-order valence-corrected chi connectivity index (χ1v) is 12.0. The maximum Gasteiger partial charge on any atom is 0.394 e. The van der Waals surface area contributed by atoms with Gasteiger partial charge in [-0.05, 0) is 12.8 Å². The topological polar surface area (TPSA) is 110 Å². The molecule has 4 saturated heterocycles. The normalized spacial score (nSPS) is 42.7. The number of nitrogens with one attached hydrogen (secondary N) is 5. The van der Waals surface area contributed by atoms with Crippen molar-refractivity contribution in [1.29, 1.82) is 0 Å². The Bertz CT molecular complexity index is 829. The first kappa shape index (κ1) is 19.9. The molecule has 0 spiro atoms. The van der Waals surface area contributed by atoms with Crippen LogP contribution >= 0.6 is 0 Å². The van der Waals surface area contributed by atoms with Gasteiger partial charge >= 0.3 is 6.18 Å². The van der Waals surface area contributed by atoms with Gasteiger partial charge in [0, 0.05) is 62.9 Å². The van der Waals surface area contributed by atoms with Gasteiger partial charge in [0.25, 0.3) is 0 Å². The number of alkyl halides is 3. The number of hydrogen-bond acceptors (Lipinski definition) is 9. The van der Waals surface area contributed by atoms with Crippen LogP contribution in [0.25, 0.3) is 0 Å². The van der Waals surface area contributed by atoms with Gasteiger partial charge in [-0.3, -0.25) is 21.5 Å². The molecule has 0 aromatic carbocycles. The summed E-state index contributed by atoms with van der Waals surface area (Å²) in [6.07, 6.45) is -4.83. The number of piperidine rings is 2. The lowest BCUT2D eigenvalue weighted by molar-refractivity contribution is -0.167. The molecule has 0 amide bonds. The van der Waals surface area contributed by atoms with Crippen molar-refractivity contribution in [2.24, 2.45) is 11.8 Å². The van der Waals surface area contributed by atoms with Crippen LogP contribution in [-0.4, -0.2) is 101 Å². The maximum atomic E-state index is 13.3. The molecule has 31 heavy (non-hydrogen) atoms. The van der Waals surface area contributed by atoms with Gasteiger partial charge in [-0.15, -0.1) is 0 Å². The molecule has 0 aliphatic carbocycles. The zero-order valence-corrected chi connectivity index (χ0v) is 18.0. The van der Waals surface area contributed by atoms with Gasteiger partial charge in [0.1, 0.15) is 6.23 Å². The summed E-state index contributed by atoms with van der Waals surface area (Å²) >= 11 is 0. The summed E-state index contributed by atoms with van der Waals surface area (Å²) < 4.78 is 97.0. The molecule has 5 N–H and O–H groups in total. The third kappa shape index (κ3) is 4.87. The lowest BCUT2D eigenvalue weighted by Gasteiger charge is -2.42. The SMILES string of the molecule is [2H]C([2H])([2H])N1NCC2CNC(OC)C(NS(=O)(=O)C3CCC(N4CC(C(F)(F)F)CN4)NC3)C21. The van der Waals surface area contributed by atoms with Crippen molar-refractivity contribution in [3.8, 4) is 0 Å². The van der Waals surface area contributed by atoms with E-state index in [1.807, 2.05) is 0 Å². The molecule has 4 heterocycles. The van der Waals surface area contributed by atoms with Crippen LogP contribution in [0.15, 0.2) is 0 Å². The number of nitrogens with zero attached hydrogens (tertiary/aromatic N) is 2. The quantitative estimate of drug-likeness (QED) is 0.321. The second-order valence-electron chi connectivity index (χ2n) is 8.61. The molecule has 0 radical (unpaired) electrons. The highest BCUT2D eigenvalue weighted by molar-refractivity contribution is 7.90. The maximum absolute atomic E-state index is 13.3. The van der Waals surface area contributed by atoms with Crippen LogP contribution in [-0.2, 0) is 14.8 Å². The number of ether oxygens (including phenoxy) is 1. The van der Waals surface area contributed by atoms with Gasteiger partial charge in [0.15, 0.2) is 0 Å². The summed E-state index contributed by atoms with van der Waals surface area (Å²) in [5, 5.41) is 7.97. The first-order valence-electron chi connectivity index (χ1n) is 11.9. The second kappa shape index (κ2) is 8.99. The lowest BCUT2D eigenvalue weighted by atomic mass is 9.90. The summed E-state index contributed by atoms with van der Waals surface area (Å²) in [4.78, 5) is 0. The summed E-state index contributed by atoms with van der Waals surface area (Å²) in [5.74, 6) is -1.60. The van der Waals surface area contributed by atoms with E-state index in [4.69, 9.17) is 8.85 Å². The molecular weight excluding hydrogens is 439 g/mol. The molecule has 0 aromatic rings. The largest absolute Gasteiger partial charge is 0.394 e. The molecule has 0 bridgehead atoms. The minimum absolute atomic E-state index is 0.0575. The Labute approximate surface area is 184 Å². The van der Waals surface area contributed by atoms with Crippen LogP contribution in [0.4, 0.5) is 13.2 Å². The van der Waals surface area contributed by atoms with Crippen LogP contribution in [0.1, 0.15) is 17.0 Å². The van der Waals surface area contributed by atoms with Crippen molar-refractivity contribution in [2.45, 2.75) is 48.7 Å². The predicted octanol–water partition coefficient (Wildman–Crippen LogP) is -1.64. The standard InChI is InChI=1S/C17H32F3N7O3S/c1-26-15-10(6-23-26)5-22-16(30-2)14(15)25-31(28,29)12-3-4-13(21-8-12)27-9-11(7-24-27)17(18,19)20/h10-16,21-25H,3-9H2,1-2H3/i1D3. The number of sulfonamides is 1. The van der Waals surface area contributed by atoms with Crippen molar-refractivity contribution < 1.29 is 30.4 Å². The monoisotopic (exact) mass is 474 g/mol. The molecule has 180 valence electrons. The molecule has 4 rings (SSSR count). The van der Waals surface area contributed by atoms with E-state index in [1.165, 1.54) is 12.1 Å². The van der Waals surface area contributed by atoms with E-state index in [0.717, 1.165) is 5.01 Å². The summed E-state index contributed by atoms with van der Waals surface area (Å²) in [6.45, 7) is -1.94. The lowest BCUT2D eigenvalue weighted by Crippen LogP contribution is -2.67. The van der Waals surface area contributed by atoms with Gasteiger partial charge in [-0.25, -0.2) is 23.2 Å². The Balaban J connectivity index is 1.40. The molecule has 7 unspecified atom stereocenters. The number of methoxy groups -OCH3 is 1. The molecule has 4 aliphatic rings. The van der Waals surface area contributed by atoms with Gasteiger partial charge in [0.2, 0.25) is 10.0 Å². The van der Waals surface area contributed by atoms with Crippen LogP contribution in [0, 0.1) is 11.8 Å². The molecule has 4 aliphatic heterocycles. The second-order valence-corrected chi connectivity index (χ2v) is 10.6. The van der Waals surface area contributed by atoms with Gasteiger partial charge < -0.3 is 4.74 Å². The number of likely N-dealkylation sites (N-methyl/N-ethyl adjacent to an activating group) is 1. The third-order valence-corrected chi connectivity index (χ3v) is 8.59. The third-order valence-electron chi connectivity index (χ3n) is 6.71. The Morgan fingerprint density at radius 2 is 1.94 bits per heavy atom. The minimum Gasteiger partial charge on any atom is -0.365 e. The summed E-state index contributed by atoms with van der Waals surface area (Å²) in [7, 11) is -2.48. The van der Waals surface area contributed by atoms with E-state index in [9.17, 15) is 21.6 Å². The fourth-order valence-electron chi connectivity index (χ4n) is 4.92. The fourth-order valence-corrected chi connectivity index (χ4v) is 6.51. The number of hydrogen-bond donors (Lipinski definition) is 5. The van der Waals surface area contributed by atoms with Crippen molar-refractivity contribution in [3.63, 3.8) is 0 Å². The van der Waals surface area contributed by atoms with E-state index in [-0.39, 0.29) is 32.0 Å². The van der Waals surface area contributed by atoms with Gasteiger partial charge in [-0.2, -0.15) is 13.2 Å². The zero-order valence-electron chi connectivity index (χ0n) is 20.2. The number of rotatable bonds is 5. The minimum atomic E-state index is -4.28. The van der Waals surface area contributed by atoms with E-state index in [0.29, 0.717) is 19.5 Å². The number of halogens is 3. The van der Waals surface area contributed by atoms with Crippen LogP contribution in [0.5, 0.6) is 0 Å². The molecule has 0 aromatic heterocycles. The predicted molar refractivity (Wildman–Crippen MR) is 107 cm³/mol. The first-order chi connectivity index (χ1) is 15.8. The number of hydrazine groups is 2. The molecule has 0 saturated carbocycles. The van der Waals surface area contributed by atoms with Crippen LogP contribution in [0.2, 0.25) is 0 Å². The Kier molecular flexibility index (Phi) is 5.75. The highest BCUT2D eigenvalue weighted by atomic mass is 32.2. The average molecular weight is 475 g/mol. The van der Waals surface area contributed by atoms with Crippen molar-refractivity contribution >= 4 is 10.0 Å². The fraction of sp³-hybridized carbons (Fsp3) is 1.00. The van der Waals surface area contributed by atoms with Gasteiger partial charge in [0.05, 0.1) is 23.4 Å². The van der Waals surface area contributed by atoms with Crippen molar-refractivity contribution in [2.75, 3.05) is 46.8 Å². The van der Waals surface area contributed by atoms with Crippen LogP contribution < -0.4 is 26.2 Å². The van der Waals surface area contributed by atoms with Gasteiger partial charge in [-0.1, -0.05) is 0 Å². The molecule has 14 heteroatoms. The highest BCUT2D eigenvalue weighted by Gasteiger charge is 2.49. The van der Waals surface area contributed by atoms with Crippen LogP contribution in [0.3, 0.4) is 0 Å². The molecule has 4 fully saturated rings.